The zero-order valence-electron chi connectivity index (χ0n) is 13.4. The van der Waals surface area contributed by atoms with Crippen molar-refractivity contribution < 1.29 is 4.74 Å². The molecule has 2 rings (SSSR count). The Labute approximate surface area is 153 Å². The van der Waals surface area contributed by atoms with Crippen molar-refractivity contribution in [3.05, 3.63) is 58.1 Å². The van der Waals surface area contributed by atoms with E-state index in [0.29, 0.717) is 10.0 Å². The third-order valence-corrected chi connectivity index (χ3v) is 4.90. The molecule has 1 nitrogen and oxygen atoms in total. The summed E-state index contributed by atoms with van der Waals surface area (Å²) in [5, 5.41) is 1.36. The summed E-state index contributed by atoms with van der Waals surface area (Å²) >= 11 is 13.7. The fraction of sp³-hybridized carbons (Fsp3) is 0.368. The Hall–Kier alpha value is -0.830. The van der Waals surface area contributed by atoms with Crippen LogP contribution in [-0.2, 0) is 6.42 Å². The second-order valence-corrected chi connectivity index (χ2v) is 7.44. The first kappa shape index (κ1) is 18.5. The predicted molar refractivity (Wildman–Crippen MR) is 102 cm³/mol. The summed E-state index contributed by atoms with van der Waals surface area (Å²) in [4.78, 5) is 1.10. The Morgan fingerprint density at radius 1 is 0.957 bits per heavy atom. The van der Waals surface area contributed by atoms with Crippen LogP contribution in [0.5, 0.6) is 5.75 Å². The standard InChI is InChI=1S/C19H22Cl2OS/c1-2-3-5-15-6-8-18(9-7-15)22-10-4-11-23-19-13-16(20)12-17(21)14-19/h6-9,12-14H,2-5,10-11H2,1H3. The third-order valence-electron chi connectivity index (χ3n) is 3.40. The van der Waals surface area contributed by atoms with Crippen LogP contribution in [0, 0.1) is 0 Å². The molecular formula is C19H22Cl2OS. The summed E-state index contributed by atoms with van der Waals surface area (Å²) in [5.74, 6) is 1.92. The Bertz CT molecular complexity index is 579. The molecule has 2 aromatic rings. The fourth-order valence-electron chi connectivity index (χ4n) is 2.18. The van der Waals surface area contributed by atoms with E-state index in [-0.39, 0.29) is 0 Å². The molecule has 0 fully saturated rings. The quantitative estimate of drug-likeness (QED) is 0.351. The van der Waals surface area contributed by atoms with E-state index >= 15 is 0 Å². The molecule has 0 radical (unpaired) electrons. The first-order valence-electron chi connectivity index (χ1n) is 7.98. The van der Waals surface area contributed by atoms with Crippen LogP contribution in [0.2, 0.25) is 10.0 Å². The summed E-state index contributed by atoms with van der Waals surface area (Å²) in [6, 6.07) is 14.1. The zero-order chi connectivity index (χ0) is 16.5. The van der Waals surface area contributed by atoms with Crippen molar-refractivity contribution in [2.75, 3.05) is 12.4 Å². The molecule has 0 spiro atoms. The summed E-state index contributed by atoms with van der Waals surface area (Å²) in [6.07, 6.45) is 4.60. The molecule has 0 amide bonds. The fourth-order valence-corrected chi connectivity index (χ4v) is 3.76. The van der Waals surface area contributed by atoms with E-state index < -0.39 is 0 Å². The lowest BCUT2D eigenvalue weighted by Gasteiger charge is -2.07. The van der Waals surface area contributed by atoms with Crippen LogP contribution in [0.3, 0.4) is 0 Å². The summed E-state index contributed by atoms with van der Waals surface area (Å²) < 4.78 is 5.79. The molecule has 2 aromatic carbocycles. The van der Waals surface area contributed by atoms with E-state index in [0.717, 1.165) is 35.8 Å². The molecular weight excluding hydrogens is 347 g/mol. The van der Waals surface area contributed by atoms with E-state index in [1.165, 1.54) is 18.4 Å². The third kappa shape index (κ3) is 7.07. The molecule has 0 N–H and O–H groups in total. The average molecular weight is 369 g/mol. The molecule has 124 valence electrons. The Balaban J connectivity index is 1.67. The van der Waals surface area contributed by atoms with Gasteiger partial charge in [-0.25, -0.2) is 0 Å². The van der Waals surface area contributed by atoms with Gasteiger partial charge in [0.15, 0.2) is 0 Å². The molecule has 0 atom stereocenters. The number of rotatable bonds is 9. The Morgan fingerprint density at radius 3 is 2.30 bits per heavy atom. The number of hydrogen-bond donors (Lipinski definition) is 0. The van der Waals surface area contributed by atoms with Crippen LogP contribution >= 0.6 is 35.0 Å². The highest BCUT2D eigenvalue weighted by atomic mass is 35.5. The van der Waals surface area contributed by atoms with Gasteiger partial charge < -0.3 is 4.74 Å². The van der Waals surface area contributed by atoms with Crippen molar-refractivity contribution in [3.63, 3.8) is 0 Å². The molecule has 0 aromatic heterocycles. The number of aryl methyl sites for hydroxylation is 1. The van der Waals surface area contributed by atoms with Gasteiger partial charge in [0.25, 0.3) is 0 Å². The highest BCUT2D eigenvalue weighted by molar-refractivity contribution is 7.99. The molecule has 0 bridgehead atoms. The normalized spacial score (nSPS) is 10.7. The van der Waals surface area contributed by atoms with E-state index in [9.17, 15) is 0 Å². The highest BCUT2D eigenvalue weighted by Crippen LogP contribution is 2.27. The molecule has 0 aliphatic carbocycles. The molecule has 4 heteroatoms. The second-order valence-electron chi connectivity index (χ2n) is 5.40. The van der Waals surface area contributed by atoms with Gasteiger partial charge in [0.05, 0.1) is 6.61 Å². The predicted octanol–water partition coefficient (Wildman–Crippen LogP) is 6.90. The van der Waals surface area contributed by atoms with Crippen LogP contribution in [0.1, 0.15) is 31.7 Å². The van der Waals surface area contributed by atoms with Crippen molar-refractivity contribution in [3.8, 4) is 5.75 Å². The molecule has 0 heterocycles. The van der Waals surface area contributed by atoms with Crippen LogP contribution < -0.4 is 4.74 Å². The van der Waals surface area contributed by atoms with Crippen LogP contribution in [0.4, 0.5) is 0 Å². The maximum atomic E-state index is 5.99. The SMILES string of the molecule is CCCCc1ccc(OCCCSc2cc(Cl)cc(Cl)c2)cc1. The lowest BCUT2D eigenvalue weighted by Crippen LogP contribution is -1.98. The highest BCUT2D eigenvalue weighted by Gasteiger charge is 2.00. The Kier molecular flexibility index (Phi) is 8.14. The largest absolute Gasteiger partial charge is 0.494 e. The summed E-state index contributed by atoms with van der Waals surface area (Å²) in [5.41, 5.74) is 1.38. The van der Waals surface area contributed by atoms with Crippen molar-refractivity contribution in [2.45, 2.75) is 37.5 Å². The van der Waals surface area contributed by atoms with Crippen molar-refractivity contribution in [2.24, 2.45) is 0 Å². The Morgan fingerprint density at radius 2 is 1.65 bits per heavy atom. The molecule has 0 aliphatic heterocycles. The minimum atomic E-state index is 0.680. The molecule has 0 saturated carbocycles. The van der Waals surface area contributed by atoms with Crippen molar-refractivity contribution in [1.82, 2.24) is 0 Å². The van der Waals surface area contributed by atoms with Gasteiger partial charge in [0.1, 0.15) is 5.75 Å². The van der Waals surface area contributed by atoms with E-state index in [2.05, 4.69) is 31.2 Å². The van der Waals surface area contributed by atoms with Crippen molar-refractivity contribution >= 4 is 35.0 Å². The maximum absolute atomic E-state index is 5.99. The van der Waals surface area contributed by atoms with Gasteiger partial charge in [0.2, 0.25) is 0 Å². The van der Waals surface area contributed by atoms with Gasteiger partial charge in [-0.05, 0) is 55.2 Å². The van der Waals surface area contributed by atoms with Gasteiger partial charge in [-0.15, -0.1) is 11.8 Å². The topological polar surface area (TPSA) is 9.23 Å². The van der Waals surface area contributed by atoms with Crippen molar-refractivity contribution in [1.29, 1.82) is 0 Å². The summed E-state index contributed by atoms with van der Waals surface area (Å²) in [6.45, 7) is 2.93. The van der Waals surface area contributed by atoms with Crippen LogP contribution in [0.15, 0.2) is 47.4 Å². The number of benzene rings is 2. The first-order valence-corrected chi connectivity index (χ1v) is 9.72. The molecule has 0 saturated heterocycles. The van der Waals surface area contributed by atoms with Crippen LogP contribution in [0.25, 0.3) is 0 Å². The van der Waals surface area contributed by atoms with E-state index in [4.69, 9.17) is 27.9 Å². The monoisotopic (exact) mass is 368 g/mol. The number of thioether (sulfide) groups is 1. The van der Waals surface area contributed by atoms with Gasteiger partial charge in [0, 0.05) is 20.7 Å². The van der Waals surface area contributed by atoms with E-state index in [1.807, 2.05) is 12.1 Å². The van der Waals surface area contributed by atoms with Gasteiger partial charge >= 0.3 is 0 Å². The van der Waals surface area contributed by atoms with Gasteiger partial charge in [-0.3, -0.25) is 0 Å². The molecule has 0 unspecified atom stereocenters. The average Bonchev–Trinajstić information content (AvgIpc) is 2.53. The smallest absolute Gasteiger partial charge is 0.119 e. The molecule has 0 aliphatic rings. The second kappa shape index (κ2) is 10.1. The van der Waals surface area contributed by atoms with Gasteiger partial charge in [-0.1, -0.05) is 48.7 Å². The minimum Gasteiger partial charge on any atom is -0.494 e. The number of ether oxygens (including phenoxy) is 1. The molecule has 23 heavy (non-hydrogen) atoms. The lowest BCUT2D eigenvalue weighted by molar-refractivity contribution is 0.318. The zero-order valence-corrected chi connectivity index (χ0v) is 15.7. The number of halogens is 2. The number of unbranched alkanes of at least 4 members (excludes halogenated alkanes) is 1. The lowest BCUT2D eigenvalue weighted by atomic mass is 10.1. The van der Waals surface area contributed by atoms with Crippen LogP contribution in [-0.4, -0.2) is 12.4 Å². The minimum absolute atomic E-state index is 0.680. The van der Waals surface area contributed by atoms with E-state index in [1.54, 1.807) is 17.8 Å². The number of hydrogen-bond acceptors (Lipinski definition) is 2. The first-order chi connectivity index (χ1) is 11.2. The van der Waals surface area contributed by atoms with Gasteiger partial charge in [-0.2, -0.15) is 0 Å². The maximum Gasteiger partial charge on any atom is 0.119 e. The summed E-state index contributed by atoms with van der Waals surface area (Å²) in [7, 11) is 0.